The molecule has 0 radical (unpaired) electrons. The Balaban J connectivity index is 1.65. The Morgan fingerprint density at radius 3 is 2.34 bits per heavy atom. The fraction of sp³-hybridized carbons (Fsp3) is 0.0417. The van der Waals surface area contributed by atoms with Crippen molar-refractivity contribution in [2.45, 2.75) is 6.92 Å². The first-order valence-corrected chi connectivity index (χ1v) is 10.3. The zero-order chi connectivity index (χ0) is 22.8. The summed E-state index contributed by atoms with van der Waals surface area (Å²) in [7, 11) is 0. The number of amides is 2. The van der Waals surface area contributed by atoms with Gasteiger partial charge in [0.25, 0.3) is 11.8 Å². The van der Waals surface area contributed by atoms with E-state index in [0.29, 0.717) is 22.7 Å². The van der Waals surface area contributed by atoms with Gasteiger partial charge in [-0.15, -0.1) is 0 Å². The van der Waals surface area contributed by atoms with Crippen LogP contribution in [0.25, 0.3) is 6.08 Å². The van der Waals surface area contributed by atoms with Crippen LogP contribution in [0.4, 0.5) is 10.1 Å². The van der Waals surface area contributed by atoms with Gasteiger partial charge >= 0.3 is 0 Å². The number of nitrogens with one attached hydrogen (secondary N) is 1. The number of aryl methyl sites for hydroxylation is 1. The van der Waals surface area contributed by atoms with E-state index in [0.717, 1.165) is 11.0 Å². The fourth-order valence-electron chi connectivity index (χ4n) is 3.13. The third-order valence-corrected chi connectivity index (χ3v) is 5.57. The summed E-state index contributed by atoms with van der Waals surface area (Å²) in [6, 6.07) is 18.6. The SMILES string of the molecule is Cc1ccc(F)c(C=C2C(=O)NC(=S)N(c3ccc(Oc4ccccc4)cc3)C2=O)c1Cl. The highest BCUT2D eigenvalue weighted by molar-refractivity contribution is 7.80. The van der Waals surface area contributed by atoms with Gasteiger partial charge in [-0.1, -0.05) is 35.9 Å². The van der Waals surface area contributed by atoms with E-state index in [4.69, 9.17) is 28.6 Å². The summed E-state index contributed by atoms with van der Waals surface area (Å²) < 4.78 is 20.1. The van der Waals surface area contributed by atoms with Crippen LogP contribution in [-0.4, -0.2) is 16.9 Å². The number of nitrogens with zero attached hydrogens (tertiary/aromatic N) is 1. The maximum atomic E-state index is 14.3. The Kier molecular flexibility index (Phi) is 6.03. The highest BCUT2D eigenvalue weighted by atomic mass is 35.5. The summed E-state index contributed by atoms with van der Waals surface area (Å²) in [5.74, 6) is -0.830. The minimum absolute atomic E-state index is 0.0375. The van der Waals surface area contributed by atoms with Gasteiger partial charge in [0, 0.05) is 5.56 Å². The van der Waals surface area contributed by atoms with E-state index >= 15 is 0 Å². The largest absolute Gasteiger partial charge is 0.457 e. The molecule has 0 bridgehead atoms. The minimum Gasteiger partial charge on any atom is -0.457 e. The van der Waals surface area contributed by atoms with E-state index in [9.17, 15) is 14.0 Å². The lowest BCUT2D eigenvalue weighted by Gasteiger charge is -2.29. The van der Waals surface area contributed by atoms with Gasteiger partial charge in [0.2, 0.25) is 0 Å². The quantitative estimate of drug-likeness (QED) is 0.317. The number of thiocarbonyl (C=S) groups is 1. The number of anilines is 1. The van der Waals surface area contributed by atoms with Crippen molar-refractivity contribution in [1.29, 1.82) is 0 Å². The fourth-order valence-corrected chi connectivity index (χ4v) is 3.62. The number of carbonyl (C=O) groups is 2. The lowest BCUT2D eigenvalue weighted by Crippen LogP contribution is -2.54. The molecule has 0 spiro atoms. The third-order valence-electron chi connectivity index (χ3n) is 4.78. The van der Waals surface area contributed by atoms with Gasteiger partial charge in [-0.05, 0) is 73.2 Å². The van der Waals surface area contributed by atoms with Crippen molar-refractivity contribution < 1.29 is 18.7 Å². The molecule has 3 aromatic carbocycles. The molecule has 2 amide bonds. The Hall–Kier alpha value is -3.55. The summed E-state index contributed by atoms with van der Waals surface area (Å²) >= 11 is 11.4. The van der Waals surface area contributed by atoms with Gasteiger partial charge in [-0.25, -0.2) is 4.39 Å². The maximum Gasteiger partial charge on any atom is 0.270 e. The molecular formula is C24H16ClFN2O3S. The van der Waals surface area contributed by atoms with Crippen molar-refractivity contribution in [3.8, 4) is 11.5 Å². The predicted octanol–water partition coefficient (Wildman–Crippen LogP) is 5.41. The topological polar surface area (TPSA) is 58.6 Å². The average molecular weight is 467 g/mol. The zero-order valence-electron chi connectivity index (χ0n) is 16.8. The number of benzene rings is 3. The number of halogens is 2. The lowest BCUT2D eigenvalue weighted by atomic mass is 10.0. The normalized spacial score (nSPS) is 15.2. The van der Waals surface area contributed by atoms with E-state index < -0.39 is 17.6 Å². The molecule has 1 heterocycles. The molecule has 5 nitrogen and oxygen atoms in total. The van der Waals surface area contributed by atoms with Gasteiger partial charge < -0.3 is 4.74 Å². The highest BCUT2D eigenvalue weighted by Crippen LogP contribution is 2.29. The molecular weight excluding hydrogens is 451 g/mol. The summed E-state index contributed by atoms with van der Waals surface area (Å²) in [6.07, 6.45) is 1.14. The van der Waals surface area contributed by atoms with E-state index in [-0.39, 0.29) is 21.3 Å². The standard InChI is InChI=1S/C24H16ClFN2O3S/c1-14-7-12-20(26)18(21(14)25)13-19-22(29)27-24(32)28(23(19)30)15-8-10-17(11-9-15)31-16-5-3-2-4-6-16/h2-13H,1H3,(H,27,29,32). The number of hydrogen-bond donors (Lipinski definition) is 1. The molecule has 160 valence electrons. The monoisotopic (exact) mass is 466 g/mol. The molecule has 3 aromatic rings. The molecule has 32 heavy (non-hydrogen) atoms. The highest BCUT2D eigenvalue weighted by Gasteiger charge is 2.35. The Labute approximate surface area is 194 Å². The van der Waals surface area contributed by atoms with Crippen molar-refractivity contribution in [3.05, 3.63) is 94.3 Å². The first kappa shape index (κ1) is 21.7. The van der Waals surface area contributed by atoms with Crippen LogP contribution in [0, 0.1) is 12.7 Å². The number of para-hydroxylation sites is 1. The second kappa shape index (κ2) is 8.90. The smallest absolute Gasteiger partial charge is 0.270 e. The van der Waals surface area contributed by atoms with Crippen molar-refractivity contribution in [2.75, 3.05) is 4.90 Å². The van der Waals surface area contributed by atoms with E-state index in [1.165, 1.54) is 12.1 Å². The van der Waals surface area contributed by atoms with Gasteiger partial charge in [-0.3, -0.25) is 19.8 Å². The van der Waals surface area contributed by atoms with Crippen LogP contribution < -0.4 is 15.0 Å². The summed E-state index contributed by atoms with van der Waals surface area (Å²) in [5, 5.41) is 2.52. The number of ether oxygens (including phenoxy) is 1. The molecule has 8 heteroatoms. The van der Waals surface area contributed by atoms with Crippen molar-refractivity contribution in [3.63, 3.8) is 0 Å². The Morgan fingerprint density at radius 2 is 1.66 bits per heavy atom. The van der Waals surface area contributed by atoms with Crippen LogP contribution >= 0.6 is 23.8 Å². The first-order chi connectivity index (χ1) is 15.3. The van der Waals surface area contributed by atoms with Gasteiger partial charge in [0.15, 0.2) is 5.11 Å². The van der Waals surface area contributed by atoms with Gasteiger partial charge in [0.1, 0.15) is 22.9 Å². The Bertz CT molecular complexity index is 1260. The minimum atomic E-state index is -0.725. The predicted molar refractivity (Wildman–Crippen MR) is 125 cm³/mol. The van der Waals surface area contributed by atoms with Crippen LogP contribution in [0.3, 0.4) is 0 Å². The molecule has 1 saturated heterocycles. The molecule has 4 rings (SSSR count). The van der Waals surface area contributed by atoms with Crippen LogP contribution in [0.5, 0.6) is 11.5 Å². The van der Waals surface area contributed by atoms with Gasteiger partial charge in [-0.2, -0.15) is 0 Å². The summed E-state index contributed by atoms with van der Waals surface area (Å²) in [5.41, 5.74) is 0.714. The zero-order valence-corrected chi connectivity index (χ0v) is 18.3. The van der Waals surface area contributed by atoms with E-state index in [2.05, 4.69) is 5.32 Å². The average Bonchev–Trinajstić information content (AvgIpc) is 2.77. The molecule has 0 saturated carbocycles. The first-order valence-electron chi connectivity index (χ1n) is 9.54. The molecule has 0 unspecified atom stereocenters. The summed E-state index contributed by atoms with van der Waals surface area (Å²) in [6.45, 7) is 1.70. The third kappa shape index (κ3) is 4.26. The number of hydrogen-bond acceptors (Lipinski definition) is 4. The van der Waals surface area contributed by atoms with Crippen LogP contribution in [0.1, 0.15) is 11.1 Å². The van der Waals surface area contributed by atoms with Crippen LogP contribution in [0.15, 0.2) is 72.3 Å². The molecule has 1 fully saturated rings. The number of carbonyl (C=O) groups excluding carboxylic acids is 2. The number of rotatable bonds is 4. The van der Waals surface area contributed by atoms with Crippen molar-refractivity contribution >= 4 is 52.5 Å². The second-order valence-electron chi connectivity index (χ2n) is 6.96. The maximum absolute atomic E-state index is 14.3. The second-order valence-corrected chi connectivity index (χ2v) is 7.72. The molecule has 1 aliphatic rings. The van der Waals surface area contributed by atoms with Crippen molar-refractivity contribution in [2.24, 2.45) is 0 Å². The van der Waals surface area contributed by atoms with E-state index in [1.807, 2.05) is 30.3 Å². The van der Waals surface area contributed by atoms with Gasteiger partial charge in [0.05, 0.1) is 10.7 Å². The lowest BCUT2D eigenvalue weighted by molar-refractivity contribution is -0.122. The Morgan fingerprint density at radius 1 is 1.00 bits per heavy atom. The molecule has 1 aliphatic heterocycles. The molecule has 0 aromatic heterocycles. The summed E-state index contributed by atoms with van der Waals surface area (Å²) in [4.78, 5) is 26.8. The molecule has 0 atom stereocenters. The molecule has 1 N–H and O–H groups in total. The van der Waals surface area contributed by atoms with Crippen molar-refractivity contribution in [1.82, 2.24) is 5.32 Å². The van der Waals surface area contributed by atoms with Crippen LogP contribution in [-0.2, 0) is 9.59 Å². The van der Waals surface area contributed by atoms with Crippen LogP contribution in [0.2, 0.25) is 5.02 Å². The van der Waals surface area contributed by atoms with E-state index in [1.54, 1.807) is 31.2 Å². The molecule has 0 aliphatic carbocycles.